The molecule has 124 valence electrons. The van der Waals surface area contributed by atoms with E-state index in [2.05, 4.69) is 10.4 Å². The van der Waals surface area contributed by atoms with Crippen LogP contribution in [-0.2, 0) is 4.79 Å². The maximum absolute atomic E-state index is 12.6. The van der Waals surface area contributed by atoms with Crippen LogP contribution >= 0.6 is 0 Å². The fourth-order valence-electron chi connectivity index (χ4n) is 2.77. The number of hydrogen-bond acceptors (Lipinski definition) is 4. The maximum atomic E-state index is 12.6. The SMILES string of the molecule is CCC(C(=O)Nc1cc2c(C)cc(=O)oc2cc1C)n1cccn1. The molecule has 3 rings (SSSR count). The molecule has 0 aliphatic carbocycles. The van der Waals surface area contributed by atoms with Crippen LogP contribution < -0.4 is 10.9 Å². The van der Waals surface area contributed by atoms with Crippen molar-refractivity contribution in [2.75, 3.05) is 5.32 Å². The number of carbonyl (C=O) groups excluding carboxylic acids is 1. The van der Waals surface area contributed by atoms with Crippen LogP contribution in [0.4, 0.5) is 5.69 Å². The number of nitrogens with zero attached hydrogens (tertiary/aromatic N) is 2. The minimum absolute atomic E-state index is 0.126. The van der Waals surface area contributed by atoms with Crippen molar-refractivity contribution < 1.29 is 9.21 Å². The van der Waals surface area contributed by atoms with Crippen LogP contribution in [0.1, 0.15) is 30.5 Å². The second-order valence-corrected chi connectivity index (χ2v) is 5.81. The Hall–Kier alpha value is -2.89. The summed E-state index contributed by atoms with van der Waals surface area (Å²) in [7, 11) is 0. The standard InChI is InChI=1S/C18H19N3O3/c1-4-15(21-7-5-6-19-21)18(23)20-14-10-13-11(2)9-17(22)24-16(13)8-12(14)3/h5-10,15H,4H2,1-3H3,(H,20,23). The number of anilines is 1. The summed E-state index contributed by atoms with van der Waals surface area (Å²) in [6, 6.07) is 6.49. The molecule has 0 saturated carbocycles. The molecule has 0 aliphatic heterocycles. The molecule has 6 heteroatoms. The molecular formula is C18H19N3O3. The molecule has 1 aromatic carbocycles. The van der Waals surface area contributed by atoms with E-state index < -0.39 is 0 Å². The van der Waals surface area contributed by atoms with Crippen LogP contribution in [0.25, 0.3) is 11.0 Å². The Morgan fingerprint density at radius 2 is 2.08 bits per heavy atom. The normalized spacial score (nSPS) is 12.3. The highest BCUT2D eigenvalue weighted by atomic mass is 16.4. The van der Waals surface area contributed by atoms with Gasteiger partial charge in [-0.25, -0.2) is 4.79 Å². The van der Waals surface area contributed by atoms with E-state index in [0.717, 1.165) is 16.5 Å². The van der Waals surface area contributed by atoms with Crippen molar-refractivity contribution >= 4 is 22.6 Å². The molecule has 1 unspecified atom stereocenters. The van der Waals surface area contributed by atoms with Crippen molar-refractivity contribution in [2.45, 2.75) is 33.2 Å². The summed E-state index contributed by atoms with van der Waals surface area (Å²) in [5.74, 6) is -0.126. The smallest absolute Gasteiger partial charge is 0.336 e. The lowest BCUT2D eigenvalue weighted by atomic mass is 10.1. The molecule has 1 amide bonds. The Bertz CT molecular complexity index is 942. The fraction of sp³-hybridized carbons (Fsp3) is 0.278. The summed E-state index contributed by atoms with van der Waals surface area (Å²) in [4.78, 5) is 24.1. The van der Waals surface area contributed by atoms with Gasteiger partial charge < -0.3 is 9.73 Å². The second-order valence-electron chi connectivity index (χ2n) is 5.81. The summed E-state index contributed by atoms with van der Waals surface area (Å²) in [6.07, 6.45) is 4.07. The van der Waals surface area contributed by atoms with Gasteiger partial charge in [0.15, 0.2) is 0 Å². The number of nitrogens with one attached hydrogen (secondary N) is 1. The van der Waals surface area contributed by atoms with Gasteiger partial charge >= 0.3 is 5.63 Å². The van der Waals surface area contributed by atoms with Gasteiger partial charge in [-0.05, 0) is 49.6 Å². The average Bonchev–Trinajstić information content (AvgIpc) is 3.03. The maximum Gasteiger partial charge on any atom is 0.336 e. The molecule has 0 bridgehead atoms. The topological polar surface area (TPSA) is 77.1 Å². The van der Waals surface area contributed by atoms with Crippen molar-refractivity contribution in [2.24, 2.45) is 0 Å². The quantitative estimate of drug-likeness (QED) is 0.747. The van der Waals surface area contributed by atoms with E-state index in [1.807, 2.05) is 26.8 Å². The van der Waals surface area contributed by atoms with Gasteiger partial charge in [0.05, 0.1) is 0 Å². The summed E-state index contributed by atoms with van der Waals surface area (Å²) in [6.45, 7) is 5.66. The molecule has 0 aliphatic rings. The zero-order chi connectivity index (χ0) is 17.3. The van der Waals surface area contributed by atoms with Crippen LogP contribution in [0, 0.1) is 13.8 Å². The highest BCUT2D eigenvalue weighted by Gasteiger charge is 2.19. The molecule has 1 atom stereocenters. The summed E-state index contributed by atoms with van der Waals surface area (Å²) >= 11 is 0. The van der Waals surface area contributed by atoms with E-state index in [-0.39, 0.29) is 17.6 Å². The predicted molar refractivity (Wildman–Crippen MR) is 92.1 cm³/mol. The summed E-state index contributed by atoms with van der Waals surface area (Å²) in [5.41, 5.74) is 2.50. The van der Waals surface area contributed by atoms with Gasteiger partial charge in [0.2, 0.25) is 5.91 Å². The first-order chi connectivity index (χ1) is 11.5. The number of carbonyl (C=O) groups is 1. The zero-order valence-corrected chi connectivity index (χ0v) is 13.9. The molecule has 6 nitrogen and oxygen atoms in total. The number of fused-ring (bicyclic) bond motifs is 1. The van der Waals surface area contributed by atoms with Gasteiger partial charge in [0.25, 0.3) is 0 Å². The monoisotopic (exact) mass is 325 g/mol. The third kappa shape index (κ3) is 2.95. The first-order valence-corrected chi connectivity index (χ1v) is 7.84. The van der Waals surface area contributed by atoms with E-state index in [9.17, 15) is 9.59 Å². The van der Waals surface area contributed by atoms with Crippen molar-refractivity contribution in [3.05, 3.63) is 58.2 Å². The van der Waals surface area contributed by atoms with Crippen LogP contribution in [-0.4, -0.2) is 15.7 Å². The van der Waals surface area contributed by atoms with Crippen molar-refractivity contribution in [1.29, 1.82) is 0 Å². The first kappa shape index (κ1) is 16.0. The minimum Gasteiger partial charge on any atom is -0.423 e. The molecule has 3 aromatic rings. The van der Waals surface area contributed by atoms with E-state index in [4.69, 9.17) is 4.42 Å². The molecule has 1 N–H and O–H groups in total. The Kier molecular flexibility index (Phi) is 4.20. The Morgan fingerprint density at radius 3 is 2.75 bits per heavy atom. The fourth-order valence-corrected chi connectivity index (χ4v) is 2.77. The number of benzene rings is 1. The number of amides is 1. The van der Waals surface area contributed by atoms with Gasteiger partial charge in [0.1, 0.15) is 11.6 Å². The molecule has 2 heterocycles. The second kappa shape index (κ2) is 6.31. The molecule has 0 saturated heterocycles. The minimum atomic E-state index is -0.374. The lowest BCUT2D eigenvalue weighted by Gasteiger charge is -2.17. The lowest BCUT2D eigenvalue weighted by molar-refractivity contribution is -0.119. The van der Waals surface area contributed by atoms with Crippen LogP contribution in [0.3, 0.4) is 0 Å². The van der Waals surface area contributed by atoms with Crippen LogP contribution in [0.15, 0.2) is 45.9 Å². The summed E-state index contributed by atoms with van der Waals surface area (Å²) in [5, 5.41) is 7.92. The molecule has 0 spiro atoms. The summed E-state index contributed by atoms with van der Waals surface area (Å²) < 4.78 is 6.88. The van der Waals surface area contributed by atoms with Crippen molar-refractivity contribution in [1.82, 2.24) is 9.78 Å². The number of hydrogen-bond donors (Lipinski definition) is 1. The van der Waals surface area contributed by atoms with E-state index in [1.165, 1.54) is 6.07 Å². The van der Waals surface area contributed by atoms with Crippen LogP contribution in [0.5, 0.6) is 0 Å². The first-order valence-electron chi connectivity index (χ1n) is 7.84. The highest BCUT2D eigenvalue weighted by molar-refractivity contribution is 5.97. The van der Waals surface area contributed by atoms with Gasteiger partial charge in [-0.1, -0.05) is 6.92 Å². The van der Waals surface area contributed by atoms with Gasteiger partial charge in [-0.15, -0.1) is 0 Å². The number of aromatic nitrogens is 2. The lowest BCUT2D eigenvalue weighted by Crippen LogP contribution is -2.26. The van der Waals surface area contributed by atoms with Crippen LogP contribution in [0.2, 0.25) is 0 Å². The average molecular weight is 325 g/mol. The van der Waals surface area contributed by atoms with E-state index >= 15 is 0 Å². The van der Waals surface area contributed by atoms with Gasteiger partial charge in [0, 0.05) is 29.5 Å². The highest BCUT2D eigenvalue weighted by Crippen LogP contribution is 2.26. The zero-order valence-electron chi connectivity index (χ0n) is 13.9. The molecule has 0 radical (unpaired) electrons. The van der Waals surface area contributed by atoms with E-state index in [1.54, 1.807) is 29.2 Å². The third-order valence-electron chi connectivity index (χ3n) is 4.09. The number of rotatable bonds is 4. The molecule has 2 aromatic heterocycles. The molecular weight excluding hydrogens is 306 g/mol. The Balaban J connectivity index is 1.96. The molecule has 0 fully saturated rings. The predicted octanol–water partition coefficient (Wildman–Crippen LogP) is 3.20. The van der Waals surface area contributed by atoms with Crippen molar-refractivity contribution in [3.63, 3.8) is 0 Å². The van der Waals surface area contributed by atoms with Gasteiger partial charge in [-0.2, -0.15) is 5.10 Å². The Morgan fingerprint density at radius 1 is 1.29 bits per heavy atom. The third-order valence-corrected chi connectivity index (χ3v) is 4.09. The Labute approximate surface area is 139 Å². The van der Waals surface area contributed by atoms with Gasteiger partial charge in [-0.3, -0.25) is 9.48 Å². The molecule has 24 heavy (non-hydrogen) atoms. The largest absolute Gasteiger partial charge is 0.423 e. The number of aryl methyl sites for hydroxylation is 2. The van der Waals surface area contributed by atoms with E-state index in [0.29, 0.717) is 17.7 Å². The van der Waals surface area contributed by atoms with Crippen molar-refractivity contribution in [3.8, 4) is 0 Å².